The van der Waals surface area contributed by atoms with Crippen molar-refractivity contribution in [2.24, 2.45) is 5.41 Å². The predicted octanol–water partition coefficient (Wildman–Crippen LogP) is 4.47. The van der Waals surface area contributed by atoms with Gasteiger partial charge in [0, 0.05) is 4.47 Å². The third-order valence-corrected chi connectivity index (χ3v) is 4.92. The van der Waals surface area contributed by atoms with E-state index in [1.54, 1.807) is 0 Å². The Morgan fingerprint density at radius 1 is 1.30 bits per heavy atom. The molecule has 0 amide bonds. The number of hydrogen-bond donors (Lipinski definition) is 1. The van der Waals surface area contributed by atoms with Crippen LogP contribution in [0.1, 0.15) is 32.0 Å². The van der Waals surface area contributed by atoms with Gasteiger partial charge in [-0.1, -0.05) is 54.9 Å². The number of hydrogen-bond acceptors (Lipinski definition) is 2. The molecule has 3 nitrogen and oxygen atoms in total. The van der Waals surface area contributed by atoms with Crippen molar-refractivity contribution in [1.29, 1.82) is 0 Å². The molecule has 1 aromatic heterocycles. The van der Waals surface area contributed by atoms with E-state index in [0.29, 0.717) is 6.54 Å². The summed E-state index contributed by atoms with van der Waals surface area (Å²) in [7, 11) is 0. The second-order valence-corrected chi connectivity index (χ2v) is 8.07. The average molecular weight is 448 g/mol. The molecule has 0 unspecified atom stereocenters. The van der Waals surface area contributed by atoms with Crippen LogP contribution in [0.3, 0.4) is 0 Å². The summed E-state index contributed by atoms with van der Waals surface area (Å²) < 4.78 is 4.05. The van der Waals surface area contributed by atoms with Gasteiger partial charge < -0.3 is 5.73 Å². The van der Waals surface area contributed by atoms with Crippen LogP contribution in [-0.4, -0.2) is 9.78 Å². The molecule has 0 saturated heterocycles. The third kappa shape index (κ3) is 3.75. The predicted molar refractivity (Wildman–Crippen MR) is 95.8 cm³/mol. The van der Waals surface area contributed by atoms with E-state index < -0.39 is 0 Å². The van der Waals surface area contributed by atoms with Gasteiger partial charge in [-0.05, 0) is 46.1 Å². The zero-order chi connectivity index (χ0) is 14.9. The highest BCUT2D eigenvalue weighted by Crippen LogP contribution is 2.27. The third-order valence-electron chi connectivity index (χ3n) is 2.97. The Labute approximate surface area is 142 Å². The first-order valence-electron chi connectivity index (χ1n) is 6.52. The van der Waals surface area contributed by atoms with Crippen molar-refractivity contribution in [2.45, 2.75) is 33.7 Å². The fraction of sp³-hybridized carbons (Fsp3) is 0.400. The fourth-order valence-electron chi connectivity index (χ4n) is 2.03. The number of nitrogens with zero attached hydrogens (tertiary/aromatic N) is 2. The van der Waals surface area contributed by atoms with E-state index in [1.165, 1.54) is 5.56 Å². The maximum absolute atomic E-state index is 6.20. The van der Waals surface area contributed by atoms with E-state index in [1.807, 2.05) is 22.9 Å². The van der Waals surface area contributed by atoms with Crippen molar-refractivity contribution in [3.63, 3.8) is 0 Å². The van der Waals surface area contributed by atoms with Crippen LogP contribution in [0.2, 0.25) is 0 Å². The number of aromatic nitrogens is 2. The number of benzene rings is 1. The molecule has 2 rings (SSSR count). The molecule has 0 aliphatic carbocycles. The van der Waals surface area contributed by atoms with E-state index in [0.717, 1.165) is 26.0 Å². The largest absolute Gasteiger partial charge is 0.383 e. The van der Waals surface area contributed by atoms with Crippen molar-refractivity contribution in [2.75, 3.05) is 5.73 Å². The number of nitrogen functional groups attached to an aromatic ring is 1. The van der Waals surface area contributed by atoms with Crippen LogP contribution in [0.15, 0.2) is 28.7 Å². The van der Waals surface area contributed by atoms with E-state index in [-0.39, 0.29) is 5.41 Å². The Bertz CT molecular complexity index is 614. The lowest BCUT2D eigenvalue weighted by Gasteiger charge is -2.16. The van der Waals surface area contributed by atoms with Gasteiger partial charge in [0.15, 0.2) is 0 Å². The highest BCUT2D eigenvalue weighted by Gasteiger charge is 2.19. The first kappa shape index (κ1) is 15.8. The number of halogens is 2. The molecule has 0 aliphatic heterocycles. The first-order valence-corrected chi connectivity index (χ1v) is 8.39. The van der Waals surface area contributed by atoms with Crippen LogP contribution >= 0.6 is 38.5 Å². The number of rotatable bonds is 3. The first-order chi connectivity index (χ1) is 9.28. The summed E-state index contributed by atoms with van der Waals surface area (Å²) in [5, 5.41) is 4.69. The summed E-state index contributed by atoms with van der Waals surface area (Å²) >= 11 is 5.87. The van der Waals surface area contributed by atoms with Crippen LogP contribution in [0, 0.1) is 8.99 Å². The molecule has 0 bridgehead atoms. The molecule has 0 fully saturated rings. The van der Waals surface area contributed by atoms with Crippen LogP contribution in [0.25, 0.3) is 0 Å². The maximum Gasteiger partial charge on any atom is 0.135 e. The molecule has 108 valence electrons. The minimum atomic E-state index is 0.207. The van der Waals surface area contributed by atoms with Gasteiger partial charge in [-0.25, -0.2) is 4.68 Å². The topological polar surface area (TPSA) is 43.8 Å². The van der Waals surface area contributed by atoms with Crippen molar-refractivity contribution < 1.29 is 0 Å². The fourth-order valence-corrected chi connectivity index (χ4v) is 3.02. The molecular formula is C15H19BrIN3. The summed E-state index contributed by atoms with van der Waals surface area (Å²) in [6, 6.07) is 8.16. The number of anilines is 1. The SMILES string of the molecule is CC(C)(C)Cc1nn(Cc2ccccc2Br)c(N)c1I. The molecule has 1 aromatic carbocycles. The summed E-state index contributed by atoms with van der Waals surface area (Å²) in [6.45, 7) is 7.33. The van der Waals surface area contributed by atoms with Crippen molar-refractivity contribution in [3.8, 4) is 0 Å². The van der Waals surface area contributed by atoms with Crippen LogP contribution in [0.4, 0.5) is 5.82 Å². The lowest BCUT2D eigenvalue weighted by Crippen LogP contribution is -2.11. The van der Waals surface area contributed by atoms with Gasteiger partial charge in [-0.2, -0.15) is 5.10 Å². The van der Waals surface area contributed by atoms with E-state index >= 15 is 0 Å². The van der Waals surface area contributed by atoms with Crippen LogP contribution in [-0.2, 0) is 13.0 Å². The Balaban J connectivity index is 2.30. The molecule has 5 heteroatoms. The highest BCUT2D eigenvalue weighted by molar-refractivity contribution is 14.1. The summed E-state index contributed by atoms with van der Waals surface area (Å²) in [5.41, 5.74) is 8.67. The molecule has 0 atom stereocenters. The zero-order valence-corrected chi connectivity index (χ0v) is 15.7. The average Bonchev–Trinajstić information content (AvgIpc) is 2.59. The van der Waals surface area contributed by atoms with Crippen molar-refractivity contribution in [3.05, 3.63) is 43.6 Å². The van der Waals surface area contributed by atoms with Gasteiger partial charge in [0.25, 0.3) is 0 Å². The monoisotopic (exact) mass is 447 g/mol. The standard InChI is InChI=1S/C15H19BrIN3/c1-15(2,3)8-12-13(17)14(18)20(19-12)9-10-6-4-5-7-11(10)16/h4-7H,8-9,18H2,1-3H3. The second kappa shape index (κ2) is 6.05. The minimum absolute atomic E-state index is 0.207. The van der Waals surface area contributed by atoms with Gasteiger partial charge in [-0.3, -0.25) is 0 Å². The van der Waals surface area contributed by atoms with E-state index in [9.17, 15) is 0 Å². The molecule has 0 radical (unpaired) electrons. The van der Waals surface area contributed by atoms with Crippen LogP contribution in [0.5, 0.6) is 0 Å². The highest BCUT2D eigenvalue weighted by atomic mass is 127. The molecule has 0 aliphatic rings. The Kier molecular flexibility index (Phi) is 4.79. The molecule has 20 heavy (non-hydrogen) atoms. The summed E-state index contributed by atoms with van der Waals surface area (Å²) in [6.07, 6.45) is 0.929. The Hall–Kier alpha value is -0.560. The van der Waals surface area contributed by atoms with Gasteiger partial charge in [0.1, 0.15) is 5.82 Å². The lowest BCUT2D eigenvalue weighted by molar-refractivity contribution is 0.403. The summed E-state index contributed by atoms with van der Waals surface area (Å²) in [5.74, 6) is 0.751. The molecule has 2 N–H and O–H groups in total. The van der Waals surface area contributed by atoms with E-state index in [4.69, 9.17) is 10.8 Å². The minimum Gasteiger partial charge on any atom is -0.383 e. The lowest BCUT2D eigenvalue weighted by atomic mass is 9.91. The van der Waals surface area contributed by atoms with Gasteiger partial charge >= 0.3 is 0 Å². The molecule has 0 spiro atoms. The summed E-state index contributed by atoms with van der Waals surface area (Å²) in [4.78, 5) is 0. The Morgan fingerprint density at radius 3 is 2.55 bits per heavy atom. The molecule has 0 saturated carbocycles. The van der Waals surface area contributed by atoms with Gasteiger partial charge in [0.2, 0.25) is 0 Å². The molecule has 1 heterocycles. The molecule has 2 aromatic rings. The molecular weight excluding hydrogens is 429 g/mol. The van der Waals surface area contributed by atoms with E-state index in [2.05, 4.69) is 65.4 Å². The van der Waals surface area contributed by atoms with Crippen molar-refractivity contribution >= 4 is 44.3 Å². The maximum atomic E-state index is 6.20. The zero-order valence-electron chi connectivity index (χ0n) is 12.0. The number of nitrogens with two attached hydrogens (primary N) is 1. The smallest absolute Gasteiger partial charge is 0.135 e. The van der Waals surface area contributed by atoms with Gasteiger partial charge in [-0.15, -0.1) is 0 Å². The Morgan fingerprint density at radius 2 is 1.95 bits per heavy atom. The van der Waals surface area contributed by atoms with Crippen LogP contribution < -0.4 is 5.73 Å². The van der Waals surface area contributed by atoms with Gasteiger partial charge in [0.05, 0.1) is 15.8 Å². The van der Waals surface area contributed by atoms with Crippen molar-refractivity contribution in [1.82, 2.24) is 9.78 Å². The normalized spacial score (nSPS) is 11.8. The second-order valence-electron chi connectivity index (χ2n) is 6.13. The quantitative estimate of drug-likeness (QED) is 0.705.